The molecule has 3 aromatic carbocycles. The van der Waals surface area contributed by atoms with Gasteiger partial charge in [-0.3, -0.25) is 13.9 Å². The summed E-state index contributed by atoms with van der Waals surface area (Å²) in [5.74, 6) is -0.858. The molecule has 10 heteroatoms. The Hall–Kier alpha value is -3.07. The quantitative estimate of drug-likeness (QED) is 0.250. The van der Waals surface area contributed by atoms with E-state index in [9.17, 15) is 18.0 Å². The molecule has 0 aliphatic rings. The van der Waals surface area contributed by atoms with Crippen molar-refractivity contribution in [3.8, 4) is 0 Å². The summed E-state index contributed by atoms with van der Waals surface area (Å²) in [7, 11) is -4.13. The lowest BCUT2D eigenvalue weighted by molar-refractivity contribution is -0.140. The molecule has 3 rings (SSSR count). The second kappa shape index (κ2) is 14.2. The molecule has 0 aromatic heterocycles. The van der Waals surface area contributed by atoms with Crippen LogP contribution in [0.25, 0.3) is 0 Å². The van der Waals surface area contributed by atoms with Crippen molar-refractivity contribution in [2.24, 2.45) is 0 Å². The van der Waals surface area contributed by atoms with Crippen LogP contribution in [0.5, 0.6) is 0 Å². The number of benzene rings is 3. The topological polar surface area (TPSA) is 86.8 Å². The number of hydrogen-bond donors (Lipinski definition) is 1. The first kappa shape index (κ1) is 32.4. The Bertz CT molecular complexity index is 1480. The van der Waals surface area contributed by atoms with Crippen molar-refractivity contribution in [3.63, 3.8) is 0 Å². The second-order valence-corrected chi connectivity index (χ2v) is 12.8. The maximum absolute atomic E-state index is 14.2. The number of aryl methyl sites for hydroxylation is 2. The Labute approximate surface area is 253 Å². The van der Waals surface area contributed by atoms with E-state index >= 15 is 0 Å². The Kier molecular flexibility index (Phi) is 11.2. The first-order valence-corrected chi connectivity index (χ1v) is 15.8. The largest absolute Gasteiger partial charge is 0.352 e. The van der Waals surface area contributed by atoms with Gasteiger partial charge in [-0.05, 0) is 86.7 Å². The fourth-order valence-corrected chi connectivity index (χ4v) is 6.22. The molecule has 220 valence electrons. The Morgan fingerprint density at radius 1 is 0.902 bits per heavy atom. The van der Waals surface area contributed by atoms with Gasteiger partial charge in [-0.1, -0.05) is 67.4 Å². The molecule has 0 fully saturated rings. The number of carbonyl (C=O) groups is 2. The molecular formula is C31H37Cl2N3O4S. The molecular weight excluding hydrogens is 581 g/mol. The molecule has 0 unspecified atom stereocenters. The molecule has 2 amide bonds. The molecule has 0 heterocycles. The van der Waals surface area contributed by atoms with Gasteiger partial charge in [-0.15, -0.1) is 0 Å². The number of rotatable bonds is 12. The number of amides is 2. The van der Waals surface area contributed by atoms with Gasteiger partial charge in [0.05, 0.1) is 10.6 Å². The summed E-state index contributed by atoms with van der Waals surface area (Å²) in [6.45, 7) is 8.95. The highest BCUT2D eigenvalue weighted by atomic mass is 35.5. The van der Waals surface area contributed by atoms with Crippen LogP contribution in [0.2, 0.25) is 10.0 Å². The minimum absolute atomic E-state index is 0.00653. The number of hydrogen-bond acceptors (Lipinski definition) is 4. The number of halogens is 2. The number of anilines is 1. The van der Waals surface area contributed by atoms with Gasteiger partial charge in [0.15, 0.2) is 0 Å². The highest BCUT2D eigenvalue weighted by Crippen LogP contribution is 2.28. The van der Waals surface area contributed by atoms with Gasteiger partial charge < -0.3 is 10.2 Å². The zero-order valence-corrected chi connectivity index (χ0v) is 26.4. The van der Waals surface area contributed by atoms with Gasteiger partial charge in [0.25, 0.3) is 10.0 Å². The van der Waals surface area contributed by atoms with Crippen molar-refractivity contribution in [1.82, 2.24) is 10.2 Å². The average Bonchev–Trinajstić information content (AvgIpc) is 2.94. The van der Waals surface area contributed by atoms with Crippen molar-refractivity contribution in [3.05, 3.63) is 93.5 Å². The summed E-state index contributed by atoms with van der Waals surface area (Å²) in [5.41, 5.74) is 2.81. The van der Waals surface area contributed by atoms with E-state index in [-0.39, 0.29) is 23.4 Å². The van der Waals surface area contributed by atoms with E-state index in [1.165, 1.54) is 17.0 Å². The van der Waals surface area contributed by atoms with Crippen LogP contribution in [-0.2, 0) is 26.2 Å². The molecule has 0 radical (unpaired) electrons. The highest BCUT2D eigenvalue weighted by Gasteiger charge is 2.34. The van der Waals surface area contributed by atoms with Gasteiger partial charge in [-0.2, -0.15) is 0 Å². The molecule has 0 bridgehead atoms. The minimum Gasteiger partial charge on any atom is -0.352 e. The monoisotopic (exact) mass is 617 g/mol. The third-order valence-corrected chi connectivity index (χ3v) is 9.51. The summed E-state index contributed by atoms with van der Waals surface area (Å²) in [6.07, 6.45) is 1.03. The van der Waals surface area contributed by atoms with Crippen LogP contribution in [0.3, 0.4) is 0 Å². The summed E-state index contributed by atoms with van der Waals surface area (Å²) in [5, 5.41) is 3.74. The van der Waals surface area contributed by atoms with E-state index in [0.29, 0.717) is 27.7 Å². The van der Waals surface area contributed by atoms with Gasteiger partial charge in [0.1, 0.15) is 12.6 Å². The minimum atomic E-state index is -4.13. The van der Waals surface area contributed by atoms with Crippen molar-refractivity contribution < 1.29 is 18.0 Å². The van der Waals surface area contributed by atoms with Crippen LogP contribution in [-0.4, -0.2) is 43.8 Å². The summed E-state index contributed by atoms with van der Waals surface area (Å²) in [4.78, 5) is 29.0. The molecule has 0 aliphatic carbocycles. The normalized spacial score (nSPS) is 12.9. The Morgan fingerprint density at radius 3 is 2.17 bits per heavy atom. The maximum Gasteiger partial charge on any atom is 0.264 e. The Morgan fingerprint density at radius 2 is 1.59 bits per heavy atom. The van der Waals surface area contributed by atoms with Crippen molar-refractivity contribution in [1.29, 1.82) is 0 Å². The smallest absolute Gasteiger partial charge is 0.264 e. The predicted octanol–water partition coefficient (Wildman–Crippen LogP) is 6.53. The first-order valence-electron chi connectivity index (χ1n) is 13.6. The predicted molar refractivity (Wildman–Crippen MR) is 166 cm³/mol. The SMILES string of the molecule is CC[C@@H](C)NC(=O)[C@@H](CC)N(Cc1ccc(Cl)cc1Cl)C(=O)CN(c1ccc(C)c(C)c1)S(=O)(=O)c1ccccc1. The fraction of sp³-hybridized carbons (Fsp3) is 0.355. The van der Waals surface area contributed by atoms with Crippen LogP contribution in [0, 0.1) is 13.8 Å². The summed E-state index contributed by atoms with van der Waals surface area (Å²) >= 11 is 12.6. The fourth-order valence-electron chi connectivity index (χ4n) is 4.32. The maximum atomic E-state index is 14.2. The molecule has 0 saturated carbocycles. The first-order chi connectivity index (χ1) is 19.4. The van der Waals surface area contributed by atoms with Crippen molar-refractivity contribution in [2.45, 2.75) is 71.0 Å². The molecule has 7 nitrogen and oxygen atoms in total. The van der Waals surface area contributed by atoms with E-state index in [1.54, 1.807) is 48.5 Å². The lowest BCUT2D eigenvalue weighted by atomic mass is 10.1. The number of sulfonamides is 1. The van der Waals surface area contributed by atoms with Crippen molar-refractivity contribution >= 4 is 50.7 Å². The highest BCUT2D eigenvalue weighted by molar-refractivity contribution is 7.92. The van der Waals surface area contributed by atoms with Gasteiger partial charge in [-0.25, -0.2) is 8.42 Å². The van der Waals surface area contributed by atoms with E-state index < -0.39 is 28.5 Å². The van der Waals surface area contributed by atoms with Gasteiger partial charge in [0, 0.05) is 22.6 Å². The second-order valence-electron chi connectivity index (χ2n) is 10.1. The molecule has 2 atom stereocenters. The third-order valence-electron chi connectivity index (χ3n) is 7.13. The zero-order valence-electron chi connectivity index (χ0n) is 24.0. The standard InChI is InChI=1S/C31H37Cl2N3O4S/c1-6-23(5)34-31(38)29(7-2)35(19-24-14-15-25(32)18-28(24)33)30(37)20-36(26-16-13-21(3)22(4)17-26)41(39,40)27-11-9-8-10-12-27/h8-18,23,29H,6-7,19-20H2,1-5H3,(H,34,38)/t23-,29-/m1/s1. The zero-order chi connectivity index (χ0) is 30.3. The number of nitrogens with one attached hydrogen (secondary N) is 1. The summed E-state index contributed by atoms with van der Waals surface area (Å²) in [6, 6.07) is 17.2. The lowest BCUT2D eigenvalue weighted by Crippen LogP contribution is -2.53. The molecule has 3 aromatic rings. The van der Waals surface area contributed by atoms with Crippen LogP contribution >= 0.6 is 23.2 Å². The van der Waals surface area contributed by atoms with Crippen LogP contribution in [0.1, 0.15) is 50.3 Å². The van der Waals surface area contributed by atoms with Gasteiger partial charge >= 0.3 is 0 Å². The van der Waals surface area contributed by atoms with E-state index in [2.05, 4.69) is 5.32 Å². The number of carbonyl (C=O) groups excluding carboxylic acids is 2. The molecule has 41 heavy (non-hydrogen) atoms. The van der Waals surface area contributed by atoms with Crippen LogP contribution in [0.15, 0.2) is 71.6 Å². The average molecular weight is 619 g/mol. The molecule has 0 saturated heterocycles. The lowest BCUT2D eigenvalue weighted by Gasteiger charge is -2.34. The van der Waals surface area contributed by atoms with E-state index in [1.807, 2.05) is 40.7 Å². The number of nitrogens with zero attached hydrogens (tertiary/aromatic N) is 2. The molecule has 1 N–H and O–H groups in total. The third kappa shape index (κ3) is 8.03. The molecule has 0 aliphatic heterocycles. The van der Waals surface area contributed by atoms with E-state index in [0.717, 1.165) is 21.9 Å². The van der Waals surface area contributed by atoms with Gasteiger partial charge in [0.2, 0.25) is 11.8 Å². The van der Waals surface area contributed by atoms with Crippen LogP contribution < -0.4 is 9.62 Å². The molecule has 0 spiro atoms. The van der Waals surface area contributed by atoms with Crippen LogP contribution in [0.4, 0.5) is 5.69 Å². The Balaban J connectivity index is 2.10. The van der Waals surface area contributed by atoms with E-state index in [4.69, 9.17) is 23.2 Å². The van der Waals surface area contributed by atoms with Crippen molar-refractivity contribution in [2.75, 3.05) is 10.8 Å². The summed E-state index contributed by atoms with van der Waals surface area (Å²) < 4.78 is 29.0.